The molecule has 1 N–H and O–H groups in total. The third-order valence-electron chi connectivity index (χ3n) is 3.85. The fourth-order valence-corrected chi connectivity index (χ4v) is 3.51. The molecule has 0 bridgehead atoms. The van der Waals surface area contributed by atoms with Gasteiger partial charge in [0.1, 0.15) is 11.9 Å². The molecule has 29 heavy (non-hydrogen) atoms. The number of anilines is 1. The molecule has 0 aliphatic carbocycles. The van der Waals surface area contributed by atoms with Crippen LogP contribution in [0.3, 0.4) is 0 Å². The number of nitrogens with one attached hydrogen (secondary N) is 1. The lowest BCUT2D eigenvalue weighted by Crippen LogP contribution is -2.14. The number of nitrogens with zero attached hydrogens (tertiary/aromatic N) is 4. The van der Waals surface area contributed by atoms with Gasteiger partial charge in [0, 0.05) is 12.2 Å². The van der Waals surface area contributed by atoms with Gasteiger partial charge in [0.15, 0.2) is 11.0 Å². The molecule has 0 saturated heterocycles. The van der Waals surface area contributed by atoms with Crippen LogP contribution >= 0.6 is 23.4 Å². The maximum Gasteiger partial charge on any atom is 0.234 e. The van der Waals surface area contributed by atoms with E-state index in [-0.39, 0.29) is 16.7 Å². The number of carbonyl (C=O) groups excluding carboxylic acids is 1. The number of benzene rings is 2. The lowest BCUT2D eigenvalue weighted by Gasteiger charge is -2.09. The van der Waals surface area contributed by atoms with Gasteiger partial charge in [-0.05, 0) is 30.3 Å². The van der Waals surface area contributed by atoms with Gasteiger partial charge in [-0.1, -0.05) is 41.6 Å². The predicted octanol–water partition coefficient (Wildman–Crippen LogP) is 4.53. The maximum absolute atomic E-state index is 14.1. The first-order chi connectivity index (χ1) is 14.0. The van der Waals surface area contributed by atoms with Crippen molar-refractivity contribution in [1.29, 1.82) is 5.26 Å². The van der Waals surface area contributed by atoms with Crippen molar-refractivity contribution in [1.82, 2.24) is 14.8 Å². The Morgan fingerprint density at radius 2 is 2.14 bits per heavy atom. The molecule has 0 radical (unpaired) electrons. The third-order valence-corrected chi connectivity index (χ3v) is 5.13. The zero-order chi connectivity index (χ0) is 20.8. The Bertz CT molecular complexity index is 1110. The van der Waals surface area contributed by atoms with Crippen molar-refractivity contribution < 1.29 is 9.18 Å². The summed E-state index contributed by atoms with van der Waals surface area (Å²) < 4.78 is 15.8. The van der Waals surface area contributed by atoms with Crippen LogP contribution in [0.25, 0.3) is 11.4 Å². The Morgan fingerprint density at radius 3 is 2.83 bits per heavy atom. The molecule has 0 spiro atoms. The summed E-state index contributed by atoms with van der Waals surface area (Å²) in [5, 5.41) is 20.5. The molecule has 0 unspecified atom stereocenters. The van der Waals surface area contributed by atoms with Crippen molar-refractivity contribution in [2.24, 2.45) is 0 Å². The van der Waals surface area contributed by atoms with Crippen molar-refractivity contribution in [3.05, 3.63) is 71.5 Å². The summed E-state index contributed by atoms with van der Waals surface area (Å²) in [5.41, 5.74) is 1.14. The topological polar surface area (TPSA) is 83.6 Å². The van der Waals surface area contributed by atoms with Gasteiger partial charge in [0.05, 0.1) is 21.9 Å². The van der Waals surface area contributed by atoms with Gasteiger partial charge in [-0.3, -0.25) is 9.36 Å². The minimum Gasteiger partial charge on any atom is -0.325 e. The fraction of sp³-hybridized carbons (Fsp3) is 0.100. The lowest BCUT2D eigenvalue weighted by atomic mass is 10.2. The zero-order valence-electron chi connectivity index (χ0n) is 15.1. The summed E-state index contributed by atoms with van der Waals surface area (Å²) in [5.74, 6) is -0.261. The van der Waals surface area contributed by atoms with E-state index in [9.17, 15) is 9.18 Å². The molecule has 0 fully saturated rings. The first-order valence-electron chi connectivity index (χ1n) is 8.44. The second-order valence-electron chi connectivity index (χ2n) is 5.83. The first kappa shape index (κ1) is 20.6. The minimum absolute atomic E-state index is 0.0597. The van der Waals surface area contributed by atoms with Crippen LogP contribution in [0.2, 0.25) is 5.02 Å². The van der Waals surface area contributed by atoms with E-state index in [1.54, 1.807) is 34.9 Å². The number of halogens is 2. The molecule has 3 rings (SSSR count). The summed E-state index contributed by atoms with van der Waals surface area (Å²) in [6.07, 6.45) is 1.65. The summed E-state index contributed by atoms with van der Waals surface area (Å²) in [4.78, 5) is 12.3. The molecule has 3 aromatic rings. The number of rotatable bonds is 7. The monoisotopic (exact) mass is 427 g/mol. The normalized spacial score (nSPS) is 10.4. The highest BCUT2D eigenvalue weighted by molar-refractivity contribution is 7.99. The van der Waals surface area contributed by atoms with E-state index in [1.165, 1.54) is 30.0 Å². The van der Waals surface area contributed by atoms with Crippen molar-refractivity contribution in [2.45, 2.75) is 11.7 Å². The summed E-state index contributed by atoms with van der Waals surface area (Å²) in [6, 6.07) is 12.9. The van der Waals surface area contributed by atoms with Crippen molar-refractivity contribution in [3.63, 3.8) is 0 Å². The molecule has 2 aromatic carbocycles. The van der Waals surface area contributed by atoms with E-state index < -0.39 is 5.82 Å². The molecule has 0 saturated carbocycles. The van der Waals surface area contributed by atoms with E-state index in [0.717, 1.165) is 0 Å². The van der Waals surface area contributed by atoms with Crippen LogP contribution in [-0.2, 0) is 11.3 Å². The largest absolute Gasteiger partial charge is 0.325 e. The average Bonchev–Trinajstić information content (AvgIpc) is 3.10. The van der Waals surface area contributed by atoms with Crippen molar-refractivity contribution >= 4 is 35.0 Å². The van der Waals surface area contributed by atoms with E-state index >= 15 is 0 Å². The van der Waals surface area contributed by atoms with Crippen LogP contribution in [0, 0.1) is 17.1 Å². The van der Waals surface area contributed by atoms with Gasteiger partial charge in [-0.25, -0.2) is 4.39 Å². The van der Waals surface area contributed by atoms with Crippen molar-refractivity contribution in [2.75, 3.05) is 11.1 Å². The number of carbonyl (C=O) groups is 1. The lowest BCUT2D eigenvalue weighted by molar-refractivity contribution is -0.113. The predicted molar refractivity (Wildman–Crippen MR) is 111 cm³/mol. The van der Waals surface area contributed by atoms with E-state index in [0.29, 0.717) is 34.3 Å². The Labute approximate surface area is 176 Å². The number of thioether (sulfide) groups is 1. The number of aromatic nitrogens is 3. The molecule has 6 nitrogen and oxygen atoms in total. The zero-order valence-corrected chi connectivity index (χ0v) is 16.7. The SMILES string of the molecule is C=CCn1c(SCC(=O)Nc2ccc(C#N)c(Cl)c2)nnc1-c1ccccc1F. The number of nitriles is 1. The summed E-state index contributed by atoms with van der Waals surface area (Å²) >= 11 is 7.14. The summed E-state index contributed by atoms with van der Waals surface area (Å²) in [6.45, 7) is 4.08. The molecule has 1 heterocycles. The number of allylic oxidation sites excluding steroid dienone is 1. The standard InChI is InChI=1S/C20H15ClFN5OS/c1-2-9-27-19(15-5-3-4-6-17(15)22)25-26-20(27)29-12-18(28)24-14-8-7-13(11-23)16(21)10-14/h2-8,10H,1,9,12H2,(H,24,28). The molecule has 146 valence electrons. The van der Waals surface area contributed by atoms with Crippen LogP contribution in [0.4, 0.5) is 10.1 Å². The van der Waals surface area contributed by atoms with Gasteiger partial charge < -0.3 is 5.32 Å². The molecule has 0 aliphatic heterocycles. The number of hydrogen-bond donors (Lipinski definition) is 1. The van der Waals surface area contributed by atoms with Gasteiger partial charge in [0.2, 0.25) is 5.91 Å². The quantitative estimate of drug-likeness (QED) is 0.442. The Morgan fingerprint density at radius 1 is 1.34 bits per heavy atom. The van der Waals surface area contributed by atoms with Crippen LogP contribution in [-0.4, -0.2) is 26.4 Å². The maximum atomic E-state index is 14.1. The average molecular weight is 428 g/mol. The second kappa shape index (κ2) is 9.37. The van der Waals surface area contributed by atoms with Gasteiger partial charge in [-0.2, -0.15) is 5.26 Å². The van der Waals surface area contributed by atoms with E-state index in [2.05, 4.69) is 22.1 Å². The van der Waals surface area contributed by atoms with Gasteiger partial charge in [-0.15, -0.1) is 16.8 Å². The van der Waals surface area contributed by atoms with Crippen molar-refractivity contribution in [3.8, 4) is 17.5 Å². The second-order valence-corrected chi connectivity index (χ2v) is 7.18. The molecule has 9 heteroatoms. The fourth-order valence-electron chi connectivity index (χ4n) is 2.54. The van der Waals surface area contributed by atoms with Crippen LogP contribution in [0.1, 0.15) is 5.56 Å². The van der Waals surface area contributed by atoms with E-state index in [4.69, 9.17) is 16.9 Å². The Balaban J connectivity index is 1.73. The molecular formula is C20H15ClFN5OS. The first-order valence-corrected chi connectivity index (χ1v) is 9.81. The summed E-state index contributed by atoms with van der Waals surface area (Å²) in [7, 11) is 0. The highest BCUT2D eigenvalue weighted by Gasteiger charge is 2.17. The molecule has 0 atom stereocenters. The molecular weight excluding hydrogens is 413 g/mol. The third kappa shape index (κ3) is 4.83. The van der Waals surface area contributed by atoms with Gasteiger partial charge in [0.25, 0.3) is 0 Å². The Hall–Kier alpha value is -3.15. The number of amides is 1. The number of hydrogen-bond acceptors (Lipinski definition) is 5. The van der Waals surface area contributed by atoms with Crippen LogP contribution in [0.5, 0.6) is 0 Å². The minimum atomic E-state index is -0.405. The highest BCUT2D eigenvalue weighted by atomic mass is 35.5. The molecule has 1 aromatic heterocycles. The van der Waals surface area contributed by atoms with Gasteiger partial charge >= 0.3 is 0 Å². The van der Waals surface area contributed by atoms with Crippen LogP contribution in [0.15, 0.2) is 60.3 Å². The molecule has 0 aliphatic rings. The molecule has 1 amide bonds. The smallest absolute Gasteiger partial charge is 0.234 e. The van der Waals surface area contributed by atoms with Crippen LogP contribution < -0.4 is 5.32 Å². The Kier molecular flexibility index (Phi) is 6.65. The van der Waals surface area contributed by atoms with E-state index in [1.807, 2.05) is 6.07 Å². The highest BCUT2D eigenvalue weighted by Crippen LogP contribution is 2.26.